The van der Waals surface area contributed by atoms with E-state index in [0.717, 1.165) is 15.0 Å². The summed E-state index contributed by atoms with van der Waals surface area (Å²) in [5.74, 6) is 0. The summed E-state index contributed by atoms with van der Waals surface area (Å²) >= 11 is 1.10. The van der Waals surface area contributed by atoms with Gasteiger partial charge in [0.1, 0.15) is 0 Å². The third kappa shape index (κ3) is 1.20. The Morgan fingerprint density at radius 1 is 0.857 bits per heavy atom. The van der Waals surface area contributed by atoms with E-state index in [0.29, 0.717) is 0 Å². The van der Waals surface area contributed by atoms with Gasteiger partial charge in [0, 0.05) is 0 Å². The Hall–Kier alpha value is 0.519. The van der Waals surface area contributed by atoms with Gasteiger partial charge in [-0.3, -0.25) is 0 Å². The van der Waals surface area contributed by atoms with E-state index in [1.54, 1.807) is 25.7 Å². The molecule has 0 bridgehead atoms. The van der Waals surface area contributed by atoms with Crippen LogP contribution >= 0.6 is 0 Å². The van der Waals surface area contributed by atoms with E-state index in [2.05, 4.69) is 0 Å². The van der Waals surface area contributed by atoms with Crippen molar-refractivity contribution in [2.24, 2.45) is 0 Å². The summed E-state index contributed by atoms with van der Waals surface area (Å²) < 4.78 is 0. The molecular formula is C6H10Se. The van der Waals surface area contributed by atoms with Crippen LogP contribution in [0.15, 0.2) is 0 Å². The molecular weight excluding hydrogens is 151 g/mol. The van der Waals surface area contributed by atoms with Gasteiger partial charge in [0.15, 0.2) is 0 Å². The van der Waals surface area contributed by atoms with E-state index in [1.165, 1.54) is 9.63 Å². The molecule has 0 atom stereocenters. The van der Waals surface area contributed by atoms with E-state index >= 15 is 0 Å². The second kappa shape index (κ2) is 1.50. The first-order chi connectivity index (χ1) is 3.45. The first-order valence-corrected chi connectivity index (χ1v) is 5.08. The third-order valence-corrected chi connectivity index (χ3v) is 5.03. The number of rotatable bonds is 2. The van der Waals surface area contributed by atoms with Crippen LogP contribution in [0.3, 0.4) is 0 Å². The Morgan fingerprint density at radius 2 is 1.29 bits per heavy atom. The zero-order valence-electron chi connectivity index (χ0n) is 4.39. The Kier molecular flexibility index (Phi) is 0.942. The molecule has 40 valence electrons. The Bertz CT molecular complexity index is 62.2. The standard InChI is InChI=1S/C6H10Se/c1-2-5(1)7-6-3-4-6/h5-6H,1-4H2. The minimum absolute atomic E-state index is 1.10. The van der Waals surface area contributed by atoms with Crippen molar-refractivity contribution < 1.29 is 0 Å². The molecule has 2 saturated carbocycles. The number of hydrogen-bond acceptors (Lipinski definition) is 0. The fourth-order valence-electron chi connectivity index (χ4n) is 0.680. The van der Waals surface area contributed by atoms with Crippen LogP contribution in [-0.4, -0.2) is 15.0 Å². The normalized spacial score (nSPS) is 30.9. The van der Waals surface area contributed by atoms with Gasteiger partial charge >= 0.3 is 50.3 Å². The number of hydrogen-bond donors (Lipinski definition) is 0. The van der Waals surface area contributed by atoms with Crippen LogP contribution in [0, 0.1) is 0 Å². The SMILES string of the molecule is C1CC1[Se]C1CC1. The molecule has 0 N–H and O–H groups in total. The van der Waals surface area contributed by atoms with Gasteiger partial charge < -0.3 is 0 Å². The van der Waals surface area contributed by atoms with Crippen molar-refractivity contribution in [2.45, 2.75) is 35.3 Å². The predicted octanol–water partition coefficient (Wildman–Crippen LogP) is 1.86. The molecule has 0 nitrogen and oxygen atoms in total. The molecule has 2 rings (SSSR count). The molecule has 0 spiro atoms. The van der Waals surface area contributed by atoms with E-state index in [4.69, 9.17) is 0 Å². The van der Waals surface area contributed by atoms with Gasteiger partial charge in [-0.15, -0.1) is 0 Å². The van der Waals surface area contributed by atoms with E-state index < -0.39 is 0 Å². The zero-order valence-corrected chi connectivity index (χ0v) is 6.10. The van der Waals surface area contributed by atoms with Crippen LogP contribution in [0.25, 0.3) is 0 Å². The van der Waals surface area contributed by atoms with Crippen LogP contribution in [0.2, 0.25) is 9.63 Å². The van der Waals surface area contributed by atoms with Crippen LogP contribution < -0.4 is 0 Å². The van der Waals surface area contributed by atoms with Gasteiger partial charge in [0.2, 0.25) is 0 Å². The average Bonchev–Trinajstić information content (AvgIpc) is 2.33. The van der Waals surface area contributed by atoms with Gasteiger partial charge in [0.25, 0.3) is 0 Å². The fraction of sp³-hybridized carbons (Fsp3) is 1.00. The maximum atomic E-state index is 1.58. The molecule has 2 aliphatic carbocycles. The summed E-state index contributed by atoms with van der Waals surface area (Å²) in [6.07, 6.45) is 6.32. The molecule has 7 heavy (non-hydrogen) atoms. The summed E-state index contributed by atoms with van der Waals surface area (Å²) in [6, 6.07) is 0. The predicted molar refractivity (Wildman–Crippen MR) is 31.7 cm³/mol. The quantitative estimate of drug-likeness (QED) is 0.542. The molecule has 0 saturated heterocycles. The molecule has 0 heterocycles. The second-order valence-electron chi connectivity index (χ2n) is 2.53. The van der Waals surface area contributed by atoms with Crippen molar-refractivity contribution in [2.75, 3.05) is 0 Å². The Labute approximate surface area is 50.8 Å². The summed E-state index contributed by atoms with van der Waals surface area (Å²) in [5, 5.41) is 0. The van der Waals surface area contributed by atoms with Gasteiger partial charge in [-0.05, 0) is 0 Å². The van der Waals surface area contributed by atoms with Crippen molar-refractivity contribution in [3.63, 3.8) is 0 Å². The summed E-state index contributed by atoms with van der Waals surface area (Å²) in [7, 11) is 0. The molecule has 0 aromatic carbocycles. The first-order valence-electron chi connectivity index (χ1n) is 3.10. The molecule has 2 fully saturated rings. The molecule has 0 aliphatic heterocycles. The molecule has 0 radical (unpaired) electrons. The average molecular weight is 161 g/mol. The molecule has 0 aromatic heterocycles. The molecule has 0 aromatic rings. The van der Waals surface area contributed by atoms with Crippen molar-refractivity contribution in [1.82, 2.24) is 0 Å². The Balaban J connectivity index is 1.69. The van der Waals surface area contributed by atoms with E-state index in [-0.39, 0.29) is 0 Å². The van der Waals surface area contributed by atoms with Crippen molar-refractivity contribution in [1.29, 1.82) is 0 Å². The second-order valence-corrected chi connectivity index (χ2v) is 5.90. The van der Waals surface area contributed by atoms with Gasteiger partial charge in [-0.1, -0.05) is 0 Å². The minimum atomic E-state index is 1.10. The molecule has 0 amide bonds. The molecule has 1 heteroatoms. The van der Waals surface area contributed by atoms with Crippen molar-refractivity contribution >= 4 is 15.0 Å². The van der Waals surface area contributed by atoms with Gasteiger partial charge in [-0.2, -0.15) is 0 Å². The van der Waals surface area contributed by atoms with Crippen LogP contribution in [0.5, 0.6) is 0 Å². The van der Waals surface area contributed by atoms with Crippen molar-refractivity contribution in [3.8, 4) is 0 Å². The Morgan fingerprint density at radius 3 is 1.57 bits per heavy atom. The summed E-state index contributed by atoms with van der Waals surface area (Å²) in [4.78, 5) is 2.50. The molecule has 0 unspecified atom stereocenters. The zero-order chi connectivity index (χ0) is 4.69. The van der Waals surface area contributed by atoms with E-state index in [1.807, 2.05) is 0 Å². The summed E-state index contributed by atoms with van der Waals surface area (Å²) in [5.41, 5.74) is 0. The van der Waals surface area contributed by atoms with Crippen LogP contribution in [0.1, 0.15) is 25.7 Å². The van der Waals surface area contributed by atoms with Gasteiger partial charge in [0.05, 0.1) is 0 Å². The topological polar surface area (TPSA) is 0 Å². The van der Waals surface area contributed by atoms with Gasteiger partial charge in [-0.25, -0.2) is 0 Å². The van der Waals surface area contributed by atoms with Crippen LogP contribution in [0.4, 0.5) is 0 Å². The maximum absolute atomic E-state index is 1.58. The van der Waals surface area contributed by atoms with E-state index in [9.17, 15) is 0 Å². The molecule has 2 aliphatic rings. The fourth-order valence-corrected chi connectivity index (χ4v) is 3.54. The monoisotopic (exact) mass is 162 g/mol. The van der Waals surface area contributed by atoms with Crippen LogP contribution in [-0.2, 0) is 0 Å². The third-order valence-electron chi connectivity index (χ3n) is 1.43. The first kappa shape index (κ1) is 4.40. The summed E-state index contributed by atoms with van der Waals surface area (Å²) in [6.45, 7) is 0. The van der Waals surface area contributed by atoms with Crippen molar-refractivity contribution in [3.05, 3.63) is 0 Å².